The Morgan fingerprint density at radius 1 is 1.32 bits per heavy atom. The van der Waals surface area contributed by atoms with Crippen molar-refractivity contribution in [2.75, 3.05) is 5.73 Å². The predicted octanol–water partition coefficient (Wildman–Crippen LogP) is -0.337. The zero-order chi connectivity index (χ0) is 16.1. The maximum absolute atomic E-state index is 12.0. The Balaban J connectivity index is 1.94. The summed E-state index contributed by atoms with van der Waals surface area (Å²) in [4.78, 5) is 12.1. The molecule has 120 valence electrons. The Kier molecular flexibility index (Phi) is 3.76. The van der Waals surface area contributed by atoms with Crippen molar-refractivity contribution in [1.82, 2.24) is 19.5 Å². The first-order valence-electron chi connectivity index (χ1n) is 6.76. The number of hydrogen-bond donors (Lipinski definition) is 3. The summed E-state index contributed by atoms with van der Waals surface area (Å²) in [5.74, 6) is 0.225. The van der Waals surface area contributed by atoms with Gasteiger partial charge in [-0.2, -0.15) is 0 Å². The van der Waals surface area contributed by atoms with E-state index in [4.69, 9.17) is 10.5 Å². The van der Waals surface area contributed by atoms with Crippen LogP contribution >= 0.6 is 0 Å². The van der Waals surface area contributed by atoms with Gasteiger partial charge in [0.05, 0.1) is 0 Å². The van der Waals surface area contributed by atoms with Gasteiger partial charge in [-0.25, -0.2) is 0 Å². The van der Waals surface area contributed by atoms with E-state index in [0.29, 0.717) is 11.2 Å². The monoisotopic (exact) mass is 371 g/mol. The third-order valence-electron chi connectivity index (χ3n) is 3.62. The molecule has 3 rings (SSSR count). The third-order valence-corrected chi connectivity index (χ3v) is 6.22. The molecule has 9 nitrogen and oxygen atoms in total. The number of nitrogen functional groups attached to an aromatic ring is 1. The van der Waals surface area contributed by atoms with Crippen LogP contribution in [0.4, 0.5) is 5.82 Å². The van der Waals surface area contributed by atoms with Crippen molar-refractivity contribution in [3.63, 3.8) is 0 Å². The van der Waals surface area contributed by atoms with Crippen molar-refractivity contribution in [1.29, 1.82) is 0 Å². The number of nitrogens with zero attached hydrogens (tertiary/aromatic N) is 4. The van der Waals surface area contributed by atoms with Crippen LogP contribution in [0.2, 0.25) is 16.6 Å². The molecule has 1 saturated heterocycles. The van der Waals surface area contributed by atoms with E-state index >= 15 is 0 Å². The van der Waals surface area contributed by atoms with Crippen LogP contribution in [0.1, 0.15) is 6.23 Å². The van der Waals surface area contributed by atoms with E-state index < -0.39 is 38.0 Å². The first kappa shape index (κ1) is 15.5. The second kappa shape index (κ2) is 5.34. The molecule has 3 heterocycles. The quantitative estimate of drug-likeness (QED) is 0.624. The fourth-order valence-corrected chi connectivity index (χ4v) is 5.05. The van der Waals surface area contributed by atoms with Gasteiger partial charge < -0.3 is 0 Å². The average molecular weight is 371 g/mol. The zero-order valence-electron chi connectivity index (χ0n) is 12.2. The number of aliphatic hydroxyl groups is 2. The van der Waals surface area contributed by atoms with E-state index in [2.05, 4.69) is 15.0 Å². The number of rotatable bonds is 3. The second-order valence-electron chi connectivity index (χ2n) is 5.89. The number of hydrogen-bond acceptors (Lipinski definition) is 8. The number of anilines is 1. The number of aromatic nitrogens is 4. The van der Waals surface area contributed by atoms with Crippen LogP contribution in [-0.4, -0.2) is 61.5 Å². The fourth-order valence-electron chi connectivity index (χ4n) is 2.60. The Morgan fingerprint density at radius 3 is 2.73 bits per heavy atom. The average Bonchev–Trinajstić information content (AvgIpc) is 2.95. The summed E-state index contributed by atoms with van der Waals surface area (Å²) >= 11 is -3.02. The van der Waals surface area contributed by atoms with E-state index in [1.807, 2.05) is 0 Å². The normalized spacial score (nSPS) is 29.3. The molecule has 10 heteroatoms. The van der Waals surface area contributed by atoms with Crippen molar-refractivity contribution in [3.8, 4) is 0 Å². The van der Waals surface area contributed by atoms with Gasteiger partial charge in [-0.1, -0.05) is 0 Å². The molecular formula is C12H18AsN5O4. The summed E-state index contributed by atoms with van der Waals surface area (Å²) in [6.45, 7) is 0. The van der Waals surface area contributed by atoms with E-state index in [-0.39, 0.29) is 11.0 Å². The molecule has 0 saturated carbocycles. The first-order valence-corrected chi connectivity index (χ1v) is 12.6. The third kappa shape index (κ3) is 2.65. The van der Waals surface area contributed by atoms with Gasteiger partial charge in [-0.15, -0.1) is 0 Å². The molecule has 22 heavy (non-hydrogen) atoms. The second-order valence-corrected chi connectivity index (χ2v) is 13.3. The molecule has 4 atom stereocenters. The minimum absolute atomic E-state index is 0.225. The molecule has 0 radical (unpaired) electrons. The van der Waals surface area contributed by atoms with Crippen molar-refractivity contribution in [2.45, 2.75) is 41.2 Å². The summed E-state index contributed by atoms with van der Waals surface area (Å²) in [6, 6.07) is 0. The molecular weight excluding hydrogens is 353 g/mol. The van der Waals surface area contributed by atoms with Crippen LogP contribution in [0.5, 0.6) is 0 Å². The molecule has 0 spiro atoms. The summed E-state index contributed by atoms with van der Waals surface area (Å²) in [5.41, 5.74) is 9.89. The van der Waals surface area contributed by atoms with Crippen molar-refractivity contribution < 1.29 is 18.7 Å². The van der Waals surface area contributed by atoms with Gasteiger partial charge in [0.15, 0.2) is 0 Å². The SMILES string of the molecule is C[As](C)(=O)C[C@H]1O[C@H](n2cnc3c(N)ncnc32)[C@H](O)[C@@H]1O. The Morgan fingerprint density at radius 2 is 2.05 bits per heavy atom. The van der Waals surface area contributed by atoms with Crippen LogP contribution in [0.15, 0.2) is 12.7 Å². The van der Waals surface area contributed by atoms with Gasteiger partial charge in [-0.3, -0.25) is 0 Å². The van der Waals surface area contributed by atoms with E-state index in [1.54, 1.807) is 11.4 Å². The van der Waals surface area contributed by atoms with E-state index in [9.17, 15) is 14.0 Å². The van der Waals surface area contributed by atoms with Crippen molar-refractivity contribution >= 4 is 30.5 Å². The fraction of sp³-hybridized carbons (Fsp3) is 0.583. The topological polar surface area (TPSA) is 136 Å². The number of fused-ring (bicyclic) bond motifs is 1. The predicted molar refractivity (Wildman–Crippen MR) is 78.6 cm³/mol. The standard InChI is InChI=1S/C12H18AsN5O4/c1-13(2,21)3-6-8(19)9(20)12(22-6)18-5-17-7-10(14)15-4-16-11(7)18/h4-6,8-9,12,19-20H,3H2,1-2H3,(H2,14,15,16)/t6-,8-,9-,12+/m1/s1. The van der Waals surface area contributed by atoms with Crippen LogP contribution in [0.3, 0.4) is 0 Å². The Hall–Kier alpha value is -1.41. The molecule has 0 unspecified atom stereocenters. The van der Waals surface area contributed by atoms with Crippen LogP contribution in [0.25, 0.3) is 11.2 Å². The van der Waals surface area contributed by atoms with Crippen molar-refractivity contribution in [3.05, 3.63) is 12.7 Å². The van der Waals surface area contributed by atoms with Crippen LogP contribution in [-0.2, 0) is 8.48 Å². The first-order chi connectivity index (χ1) is 10.3. The molecule has 2 aromatic rings. The molecule has 4 N–H and O–H groups in total. The Labute approximate surface area is 128 Å². The van der Waals surface area contributed by atoms with Gasteiger partial charge >= 0.3 is 128 Å². The molecule has 1 aliphatic rings. The molecule has 0 aromatic carbocycles. The van der Waals surface area contributed by atoms with Gasteiger partial charge in [-0.05, 0) is 0 Å². The van der Waals surface area contributed by atoms with Crippen molar-refractivity contribution in [2.24, 2.45) is 0 Å². The Bertz CT molecular complexity index is 744. The number of nitrogens with two attached hydrogens (primary N) is 1. The maximum atomic E-state index is 12.0. The summed E-state index contributed by atoms with van der Waals surface area (Å²) < 4.78 is 19.2. The number of ether oxygens (including phenoxy) is 1. The molecule has 2 aromatic heterocycles. The van der Waals surface area contributed by atoms with E-state index in [1.165, 1.54) is 17.2 Å². The summed E-state index contributed by atoms with van der Waals surface area (Å²) in [7, 11) is 0. The molecule has 1 aliphatic heterocycles. The number of aliphatic hydroxyl groups excluding tert-OH is 2. The summed E-state index contributed by atoms with van der Waals surface area (Å²) in [5, 5.41) is 20.6. The van der Waals surface area contributed by atoms with Crippen LogP contribution in [0, 0.1) is 0 Å². The van der Waals surface area contributed by atoms with Crippen LogP contribution < -0.4 is 5.73 Å². The number of imidazole rings is 1. The van der Waals surface area contributed by atoms with E-state index in [0.717, 1.165) is 0 Å². The van der Waals surface area contributed by atoms with Gasteiger partial charge in [0.2, 0.25) is 0 Å². The van der Waals surface area contributed by atoms with Gasteiger partial charge in [0.1, 0.15) is 0 Å². The zero-order valence-corrected chi connectivity index (χ0v) is 14.1. The molecule has 0 aliphatic carbocycles. The van der Waals surface area contributed by atoms with Gasteiger partial charge in [0.25, 0.3) is 0 Å². The molecule has 0 amide bonds. The van der Waals surface area contributed by atoms with Gasteiger partial charge in [0, 0.05) is 0 Å². The minimum atomic E-state index is -3.02. The summed E-state index contributed by atoms with van der Waals surface area (Å²) in [6.07, 6.45) is -1.10. The molecule has 0 bridgehead atoms. The molecule has 1 fully saturated rings.